The number of aromatic amines is 1. The lowest BCUT2D eigenvalue weighted by Crippen LogP contribution is -2.43. The van der Waals surface area contributed by atoms with E-state index < -0.39 is 96.6 Å². The third-order valence-corrected chi connectivity index (χ3v) is 8.88. The molecule has 2 rings (SSSR count). The summed E-state index contributed by atoms with van der Waals surface area (Å²) >= 11 is 0. The van der Waals surface area contributed by atoms with E-state index >= 15 is 0 Å². The van der Waals surface area contributed by atoms with Crippen LogP contribution in [0.4, 0.5) is 13.2 Å². The van der Waals surface area contributed by atoms with E-state index in [0.29, 0.717) is 16.3 Å². The number of aromatic nitrogens is 2. The standard InChI is InChI=1S/C17H25F3N3O16P3/c1-8(2)3-4-22(15(27)17(18,19)20)5-9-6-23(16(28)21-13(9)26)14-12(25)11(24)10(37-14)7-36-41(32,33)39-42(34,35)38-40(29,30)31/h3,6,10-12,14,24-25H,4-5,7H2,1-2H3,(H,32,33)(H,34,35)(H,21,26,28)(H2,29,30,31)/t10-,11+,12?,14-/m1/s1. The van der Waals surface area contributed by atoms with Gasteiger partial charge in [0.2, 0.25) is 0 Å². The molecule has 0 spiro atoms. The van der Waals surface area contributed by atoms with Crippen LogP contribution in [0.15, 0.2) is 27.4 Å². The van der Waals surface area contributed by atoms with Crippen LogP contribution in [0, 0.1) is 0 Å². The second-order valence-corrected chi connectivity index (χ2v) is 13.1. The van der Waals surface area contributed by atoms with E-state index in [9.17, 15) is 61.2 Å². The summed E-state index contributed by atoms with van der Waals surface area (Å²) < 4.78 is 90.3. The van der Waals surface area contributed by atoms with Gasteiger partial charge in [-0.3, -0.25) is 23.7 Å². The van der Waals surface area contributed by atoms with Crippen molar-refractivity contribution < 1.29 is 79.3 Å². The van der Waals surface area contributed by atoms with Crippen molar-refractivity contribution in [3.05, 3.63) is 44.2 Å². The van der Waals surface area contributed by atoms with Crippen molar-refractivity contribution in [3.8, 4) is 0 Å². The Labute approximate surface area is 232 Å². The maximum Gasteiger partial charge on any atom is 0.490 e. The zero-order valence-corrected chi connectivity index (χ0v) is 23.9. The monoisotopic (exact) mass is 677 g/mol. The van der Waals surface area contributed by atoms with E-state index in [4.69, 9.17) is 14.5 Å². The largest absolute Gasteiger partial charge is 0.490 e. The number of allylic oxidation sites excluding steroid dienone is 1. The fourth-order valence-electron chi connectivity index (χ4n) is 3.29. The molecule has 1 amide bonds. The Morgan fingerprint density at radius 1 is 1.10 bits per heavy atom. The second kappa shape index (κ2) is 13.3. The van der Waals surface area contributed by atoms with Gasteiger partial charge in [0.1, 0.15) is 18.3 Å². The molecule has 0 radical (unpaired) electrons. The number of H-pyrrole nitrogens is 1. The van der Waals surface area contributed by atoms with E-state index in [1.807, 2.05) is 0 Å². The molecule has 1 aliphatic heterocycles. The van der Waals surface area contributed by atoms with Gasteiger partial charge in [0, 0.05) is 12.7 Å². The maximum absolute atomic E-state index is 13.1. The molecule has 19 nitrogen and oxygen atoms in total. The summed E-state index contributed by atoms with van der Waals surface area (Å²) in [6, 6.07) is 0. The highest BCUT2D eigenvalue weighted by Crippen LogP contribution is 2.66. The van der Waals surface area contributed by atoms with E-state index in [-0.39, 0.29) is 4.90 Å². The molecule has 1 aliphatic rings. The molecule has 2 heterocycles. The first-order chi connectivity index (χ1) is 18.9. The van der Waals surface area contributed by atoms with Crippen molar-refractivity contribution >= 4 is 29.4 Å². The van der Waals surface area contributed by atoms with Crippen LogP contribution in [0.25, 0.3) is 0 Å². The molecule has 1 aromatic rings. The molecule has 1 aromatic heterocycles. The first-order valence-corrected chi connectivity index (χ1v) is 15.6. The number of aliphatic hydroxyl groups is 2. The molecule has 240 valence electrons. The van der Waals surface area contributed by atoms with Crippen molar-refractivity contribution in [2.75, 3.05) is 13.2 Å². The Morgan fingerprint density at radius 2 is 1.69 bits per heavy atom. The first kappa shape index (κ1) is 36.2. The van der Waals surface area contributed by atoms with Gasteiger partial charge in [0.25, 0.3) is 5.56 Å². The molecule has 25 heteroatoms. The molecule has 6 atom stereocenters. The number of nitrogens with one attached hydrogen (secondary N) is 1. The lowest BCUT2D eigenvalue weighted by molar-refractivity contribution is -0.185. The van der Waals surface area contributed by atoms with Crippen LogP contribution in [-0.4, -0.2) is 87.8 Å². The molecule has 42 heavy (non-hydrogen) atoms. The summed E-state index contributed by atoms with van der Waals surface area (Å²) in [5.41, 5.74) is -2.55. The Balaban J connectivity index is 2.28. The number of hydrogen-bond acceptors (Lipinski definition) is 12. The van der Waals surface area contributed by atoms with Crippen LogP contribution >= 0.6 is 23.5 Å². The lowest BCUT2D eigenvalue weighted by Gasteiger charge is -2.23. The number of halogens is 3. The van der Waals surface area contributed by atoms with Gasteiger partial charge in [-0.2, -0.15) is 21.8 Å². The summed E-state index contributed by atoms with van der Waals surface area (Å²) in [5, 5.41) is 20.6. The van der Waals surface area contributed by atoms with Crippen LogP contribution in [0.2, 0.25) is 0 Å². The van der Waals surface area contributed by atoms with Gasteiger partial charge < -0.3 is 39.4 Å². The highest BCUT2D eigenvalue weighted by molar-refractivity contribution is 7.66. The quantitative estimate of drug-likeness (QED) is 0.107. The molecular weight excluding hydrogens is 652 g/mol. The minimum absolute atomic E-state index is 0.249. The summed E-state index contributed by atoms with van der Waals surface area (Å²) in [7, 11) is -17.2. The number of carbonyl (C=O) groups is 1. The number of phosphoric acid groups is 3. The fraction of sp³-hybridized carbons (Fsp3) is 0.588. The first-order valence-electron chi connectivity index (χ1n) is 11.1. The van der Waals surface area contributed by atoms with E-state index in [2.05, 4.69) is 13.1 Å². The number of hydrogen-bond donors (Lipinski definition) is 7. The van der Waals surface area contributed by atoms with Crippen molar-refractivity contribution in [2.24, 2.45) is 0 Å². The van der Waals surface area contributed by atoms with Crippen molar-refractivity contribution in [1.82, 2.24) is 14.5 Å². The number of carbonyl (C=O) groups excluding carboxylic acids is 1. The van der Waals surface area contributed by atoms with Crippen molar-refractivity contribution in [2.45, 2.75) is 51.1 Å². The number of amides is 1. The second-order valence-electron chi connectivity index (χ2n) is 8.72. The molecule has 1 fully saturated rings. The van der Waals surface area contributed by atoms with E-state index in [0.717, 1.165) is 0 Å². The third kappa shape index (κ3) is 10.3. The van der Waals surface area contributed by atoms with Crippen molar-refractivity contribution in [3.63, 3.8) is 0 Å². The van der Waals surface area contributed by atoms with Crippen LogP contribution in [0.3, 0.4) is 0 Å². The predicted octanol–water partition coefficient (Wildman–Crippen LogP) is -0.644. The van der Waals surface area contributed by atoms with Gasteiger partial charge in [0.05, 0.1) is 18.7 Å². The average molecular weight is 677 g/mol. The minimum atomic E-state index is -5.88. The normalized spacial score (nSPS) is 24.1. The number of ether oxygens (including phenoxy) is 1. The van der Waals surface area contributed by atoms with E-state index in [1.54, 1.807) is 4.98 Å². The van der Waals surface area contributed by atoms with Crippen molar-refractivity contribution in [1.29, 1.82) is 0 Å². The van der Waals surface area contributed by atoms with Gasteiger partial charge in [0.15, 0.2) is 6.23 Å². The maximum atomic E-state index is 13.1. The summed E-state index contributed by atoms with van der Waals surface area (Å²) in [6.45, 7) is 0.281. The average Bonchev–Trinajstić information content (AvgIpc) is 3.06. The number of nitrogens with zero attached hydrogens (tertiary/aromatic N) is 2. The zero-order chi connectivity index (χ0) is 32.4. The topological polar surface area (TPSA) is 285 Å². The van der Waals surface area contributed by atoms with Gasteiger partial charge >= 0.3 is 41.2 Å². The number of aliphatic hydroxyl groups excluding tert-OH is 2. The molecule has 0 bridgehead atoms. The summed E-state index contributed by atoms with van der Waals surface area (Å²) in [6.07, 6.45) is -11.2. The minimum Gasteiger partial charge on any atom is -0.387 e. The summed E-state index contributed by atoms with van der Waals surface area (Å²) in [5.74, 6) is -2.31. The summed E-state index contributed by atoms with van der Waals surface area (Å²) in [4.78, 5) is 74.4. The van der Waals surface area contributed by atoms with Crippen LogP contribution in [0.1, 0.15) is 25.6 Å². The number of rotatable bonds is 12. The molecule has 0 aliphatic carbocycles. The smallest absolute Gasteiger partial charge is 0.387 e. The van der Waals surface area contributed by atoms with E-state index in [1.165, 1.54) is 19.9 Å². The van der Waals surface area contributed by atoms with Crippen LogP contribution in [0.5, 0.6) is 0 Å². The SMILES string of the molecule is CC(C)=CCN(Cc1cn([C@@H]2O[C@H](COP(=O)(O)OP(=O)(O)OP(=O)(O)O)[C@H](O)C2O)c(=O)[nH]c1=O)C(=O)C(F)(F)F. The highest BCUT2D eigenvalue weighted by atomic mass is 31.3. The fourth-order valence-corrected chi connectivity index (χ4v) is 6.32. The highest BCUT2D eigenvalue weighted by Gasteiger charge is 2.47. The van der Waals surface area contributed by atoms with Crippen LogP contribution < -0.4 is 11.2 Å². The van der Waals surface area contributed by atoms with Gasteiger partial charge in [-0.1, -0.05) is 11.6 Å². The number of phosphoric ester groups is 1. The van der Waals surface area contributed by atoms with Gasteiger partial charge in [-0.25, -0.2) is 18.5 Å². The Kier molecular flexibility index (Phi) is 11.5. The molecular formula is C17H25F3N3O16P3. The molecule has 1 saturated heterocycles. The molecule has 0 aromatic carbocycles. The predicted molar refractivity (Wildman–Crippen MR) is 128 cm³/mol. The zero-order valence-electron chi connectivity index (χ0n) is 21.2. The third-order valence-electron chi connectivity index (χ3n) is 5.08. The Hall–Kier alpha value is -2.03. The lowest BCUT2D eigenvalue weighted by atomic mass is 10.1. The Bertz CT molecular complexity index is 1450. The number of alkyl halides is 3. The molecule has 0 saturated carbocycles. The molecule has 7 N–H and O–H groups in total. The Morgan fingerprint density at radius 3 is 2.21 bits per heavy atom. The van der Waals surface area contributed by atoms with Gasteiger partial charge in [-0.05, 0) is 13.8 Å². The van der Waals surface area contributed by atoms with Gasteiger partial charge in [-0.15, -0.1) is 0 Å². The van der Waals surface area contributed by atoms with Crippen LogP contribution in [-0.2, 0) is 42.9 Å². The molecule has 3 unspecified atom stereocenters.